The number of sulfonamides is 1. The van der Waals surface area contributed by atoms with Crippen LogP contribution in [-0.2, 0) is 14.8 Å². The van der Waals surface area contributed by atoms with Crippen LogP contribution in [0.4, 0.5) is 5.69 Å². The number of amides is 1. The van der Waals surface area contributed by atoms with Crippen molar-refractivity contribution in [3.63, 3.8) is 0 Å². The first kappa shape index (κ1) is 23.1. The molecule has 1 aliphatic rings. The van der Waals surface area contributed by atoms with E-state index in [2.05, 4.69) is 5.32 Å². The lowest BCUT2D eigenvalue weighted by Gasteiger charge is -2.26. The molecule has 3 rings (SSSR count). The summed E-state index contributed by atoms with van der Waals surface area (Å²) in [5, 5.41) is 3.05. The van der Waals surface area contributed by atoms with Gasteiger partial charge in [0, 0.05) is 6.04 Å². The second-order valence-electron chi connectivity index (χ2n) is 8.01. The first-order chi connectivity index (χ1) is 14.9. The largest absolute Gasteiger partial charge is 0.494 e. The van der Waals surface area contributed by atoms with Gasteiger partial charge in [-0.05, 0) is 63.1 Å². The highest BCUT2D eigenvalue weighted by atomic mass is 32.2. The number of aryl methyl sites for hydroxylation is 1. The fraction of sp³-hybridized carbons (Fsp3) is 0.458. The fourth-order valence-corrected chi connectivity index (χ4v) is 5.28. The van der Waals surface area contributed by atoms with Crippen LogP contribution >= 0.6 is 0 Å². The van der Waals surface area contributed by atoms with Crippen LogP contribution in [0.3, 0.4) is 0 Å². The van der Waals surface area contributed by atoms with Crippen LogP contribution < -0.4 is 14.4 Å². The van der Waals surface area contributed by atoms with Crippen molar-refractivity contribution in [2.24, 2.45) is 0 Å². The predicted molar refractivity (Wildman–Crippen MR) is 123 cm³/mol. The minimum atomic E-state index is -3.91. The number of rotatable bonds is 8. The molecule has 2 aromatic rings. The van der Waals surface area contributed by atoms with Crippen molar-refractivity contribution in [1.82, 2.24) is 5.32 Å². The van der Waals surface area contributed by atoms with E-state index in [1.807, 2.05) is 13.8 Å². The van der Waals surface area contributed by atoms with Gasteiger partial charge in [0.05, 0.1) is 17.2 Å². The number of nitrogens with one attached hydrogen (secondary N) is 1. The van der Waals surface area contributed by atoms with Crippen LogP contribution in [0.1, 0.15) is 51.0 Å². The minimum Gasteiger partial charge on any atom is -0.494 e. The van der Waals surface area contributed by atoms with Crippen molar-refractivity contribution in [2.45, 2.75) is 63.3 Å². The van der Waals surface area contributed by atoms with E-state index in [4.69, 9.17) is 4.74 Å². The second-order valence-corrected chi connectivity index (χ2v) is 9.87. The molecule has 0 bridgehead atoms. The molecule has 0 heterocycles. The Morgan fingerprint density at radius 2 is 1.61 bits per heavy atom. The van der Waals surface area contributed by atoms with Gasteiger partial charge in [-0.3, -0.25) is 9.10 Å². The number of anilines is 1. The first-order valence-electron chi connectivity index (χ1n) is 11.0. The van der Waals surface area contributed by atoms with Crippen molar-refractivity contribution in [2.75, 3.05) is 17.5 Å². The molecule has 1 N–H and O–H groups in total. The lowest BCUT2D eigenvalue weighted by molar-refractivity contribution is -0.120. The van der Waals surface area contributed by atoms with E-state index in [0.29, 0.717) is 18.0 Å². The molecule has 0 spiro atoms. The van der Waals surface area contributed by atoms with Gasteiger partial charge in [0.1, 0.15) is 12.3 Å². The third-order valence-corrected chi connectivity index (χ3v) is 7.34. The van der Waals surface area contributed by atoms with E-state index in [-0.39, 0.29) is 23.4 Å². The molecule has 0 aromatic heterocycles. The summed E-state index contributed by atoms with van der Waals surface area (Å²) in [5.41, 5.74) is 1.40. The Hall–Kier alpha value is -2.54. The molecule has 0 radical (unpaired) electrons. The van der Waals surface area contributed by atoms with E-state index in [9.17, 15) is 13.2 Å². The van der Waals surface area contributed by atoms with Crippen LogP contribution in [0.5, 0.6) is 5.75 Å². The lowest BCUT2D eigenvalue weighted by atomic mass is 10.1. The molecule has 0 unspecified atom stereocenters. The summed E-state index contributed by atoms with van der Waals surface area (Å²) in [6, 6.07) is 13.6. The monoisotopic (exact) mass is 444 g/mol. The summed E-state index contributed by atoms with van der Waals surface area (Å²) in [6.45, 7) is 4.05. The van der Waals surface area contributed by atoms with Crippen molar-refractivity contribution in [1.29, 1.82) is 0 Å². The Morgan fingerprint density at radius 3 is 2.19 bits per heavy atom. The van der Waals surface area contributed by atoms with E-state index in [1.165, 1.54) is 17.1 Å². The zero-order valence-corrected chi connectivity index (χ0v) is 19.2. The molecular formula is C24H32N2O4S. The number of benzene rings is 2. The van der Waals surface area contributed by atoms with Gasteiger partial charge in [-0.25, -0.2) is 8.42 Å². The summed E-state index contributed by atoms with van der Waals surface area (Å²) < 4.78 is 33.6. The van der Waals surface area contributed by atoms with Gasteiger partial charge in [-0.15, -0.1) is 0 Å². The van der Waals surface area contributed by atoms with Crippen LogP contribution in [0.25, 0.3) is 0 Å². The highest BCUT2D eigenvalue weighted by Gasteiger charge is 2.28. The van der Waals surface area contributed by atoms with Gasteiger partial charge in [0.15, 0.2) is 0 Å². The zero-order chi connectivity index (χ0) is 22.3. The topological polar surface area (TPSA) is 75.7 Å². The van der Waals surface area contributed by atoms with E-state index >= 15 is 0 Å². The highest BCUT2D eigenvalue weighted by molar-refractivity contribution is 7.92. The maximum absolute atomic E-state index is 13.5. The van der Waals surface area contributed by atoms with Crippen LogP contribution in [0, 0.1) is 6.92 Å². The highest BCUT2D eigenvalue weighted by Crippen LogP contribution is 2.26. The smallest absolute Gasteiger partial charge is 0.264 e. The first-order valence-corrected chi connectivity index (χ1v) is 12.5. The molecule has 7 heteroatoms. The number of hydrogen-bond donors (Lipinski definition) is 1. The maximum Gasteiger partial charge on any atom is 0.264 e. The molecule has 1 saturated carbocycles. The lowest BCUT2D eigenvalue weighted by Crippen LogP contribution is -2.44. The third kappa shape index (κ3) is 6.23. The van der Waals surface area contributed by atoms with Crippen LogP contribution in [0.2, 0.25) is 0 Å². The summed E-state index contributed by atoms with van der Waals surface area (Å²) >= 11 is 0. The van der Waals surface area contributed by atoms with Gasteiger partial charge >= 0.3 is 0 Å². The summed E-state index contributed by atoms with van der Waals surface area (Å²) in [7, 11) is -3.91. The maximum atomic E-state index is 13.5. The molecule has 1 fully saturated rings. The van der Waals surface area contributed by atoms with Gasteiger partial charge in [0.2, 0.25) is 5.91 Å². The Balaban J connectivity index is 1.86. The molecular weight excluding hydrogens is 412 g/mol. The Labute approximate surface area is 185 Å². The second kappa shape index (κ2) is 10.7. The fourth-order valence-electron chi connectivity index (χ4n) is 3.86. The summed E-state index contributed by atoms with van der Waals surface area (Å²) in [4.78, 5) is 13.0. The van der Waals surface area contributed by atoms with Crippen LogP contribution in [-0.4, -0.2) is 33.5 Å². The molecule has 2 aromatic carbocycles. The number of ether oxygens (including phenoxy) is 1. The summed E-state index contributed by atoms with van der Waals surface area (Å²) in [6.07, 6.45) is 6.45. The van der Waals surface area contributed by atoms with Crippen molar-refractivity contribution >= 4 is 21.6 Å². The normalized spacial score (nSPS) is 15.2. The number of carbonyl (C=O) groups is 1. The Kier molecular flexibility index (Phi) is 7.96. The molecule has 0 aliphatic heterocycles. The Morgan fingerprint density at radius 1 is 1.00 bits per heavy atom. The van der Waals surface area contributed by atoms with E-state index in [1.54, 1.807) is 48.5 Å². The summed E-state index contributed by atoms with van der Waals surface area (Å²) in [5.74, 6) is 0.373. The third-order valence-electron chi connectivity index (χ3n) is 5.55. The quantitative estimate of drug-likeness (QED) is 0.611. The molecule has 0 saturated heterocycles. The van der Waals surface area contributed by atoms with Gasteiger partial charge in [-0.2, -0.15) is 0 Å². The average Bonchev–Trinajstić information content (AvgIpc) is 3.02. The standard InChI is InChI=1S/C24H32N2O4S/c1-3-30-22-14-12-21(13-15-22)26(31(28,29)23-16-10-19(2)11-17-23)18-24(27)25-20-8-6-4-5-7-9-20/h10-17,20H,3-9,18H2,1-2H3,(H,25,27). The van der Waals surface area contributed by atoms with Gasteiger partial charge < -0.3 is 10.1 Å². The molecule has 1 aliphatic carbocycles. The molecule has 31 heavy (non-hydrogen) atoms. The molecule has 0 atom stereocenters. The van der Waals surface area contributed by atoms with Crippen molar-refractivity contribution in [3.05, 3.63) is 54.1 Å². The average molecular weight is 445 g/mol. The number of nitrogens with zero attached hydrogens (tertiary/aromatic N) is 1. The van der Waals surface area contributed by atoms with Crippen LogP contribution in [0.15, 0.2) is 53.4 Å². The minimum absolute atomic E-state index is 0.110. The number of hydrogen-bond acceptors (Lipinski definition) is 4. The predicted octanol–water partition coefficient (Wildman–Crippen LogP) is 4.43. The van der Waals surface area contributed by atoms with Crippen molar-refractivity contribution < 1.29 is 17.9 Å². The van der Waals surface area contributed by atoms with E-state index < -0.39 is 10.0 Å². The SMILES string of the molecule is CCOc1ccc(N(CC(=O)NC2CCCCCC2)S(=O)(=O)c2ccc(C)cc2)cc1. The Bertz CT molecular complexity index is 948. The van der Waals surface area contributed by atoms with E-state index in [0.717, 1.165) is 31.2 Å². The molecule has 6 nitrogen and oxygen atoms in total. The number of carbonyl (C=O) groups excluding carboxylic acids is 1. The van der Waals surface area contributed by atoms with Gasteiger partial charge in [-0.1, -0.05) is 43.4 Å². The zero-order valence-electron chi connectivity index (χ0n) is 18.3. The van der Waals surface area contributed by atoms with Crippen molar-refractivity contribution in [3.8, 4) is 5.75 Å². The molecule has 1 amide bonds. The molecule has 168 valence electrons. The van der Waals surface area contributed by atoms with Gasteiger partial charge in [0.25, 0.3) is 10.0 Å².